The molecular weight excluding hydrogens is 153 g/mol. The van der Waals surface area contributed by atoms with Crippen molar-refractivity contribution < 1.29 is 9.53 Å². The van der Waals surface area contributed by atoms with Gasteiger partial charge in [-0.25, -0.2) is 0 Å². The highest BCUT2D eigenvalue weighted by atomic mass is 16.5. The van der Waals surface area contributed by atoms with Gasteiger partial charge in [0.15, 0.2) is 0 Å². The Morgan fingerprint density at radius 1 is 1.50 bits per heavy atom. The highest BCUT2D eigenvalue weighted by Gasteiger charge is 2.04. The zero-order chi connectivity index (χ0) is 9.40. The number of methoxy groups -OCH3 is 1. The van der Waals surface area contributed by atoms with E-state index in [-0.39, 0.29) is 5.87 Å². The molecular formula is C8H18BNO2. The molecule has 0 aliphatic carbocycles. The van der Waals surface area contributed by atoms with Gasteiger partial charge in [-0.2, -0.15) is 0 Å². The maximum atomic E-state index is 9.59. The van der Waals surface area contributed by atoms with E-state index >= 15 is 0 Å². The minimum Gasteiger partial charge on any atom is -0.477 e. The monoisotopic (exact) mass is 171 g/mol. The quantitative estimate of drug-likeness (QED) is 0.536. The number of rotatable bonds is 0. The number of piperidine rings is 1. The number of carbonyl (C=O) groups excluding carboxylic acids is 1. The lowest BCUT2D eigenvalue weighted by Crippen LogP contribution is -2.26. The molecule has 12 heavy (non-hydrogen) atoms. The minimum atomic E-state index is -0.245. The van der Waals surface area contributed by atoms with Crippen LogP contribution in [0.1, 0.15) is 19.8 Å². The van der Waals surface area contributed by atoms with Crippen molar-refractivity contribution >= 4 is 13.7 Å². The third kappa shape index (κ3) is 7.60. The first-order chi connectivity index (χ1) is 5.66. The van der Waals surface area contributed by atoms with Crippen molar-refractivity contribution in [1.29, 1.82) is 0 Å². The second-order valence-electron chi connectivity index (χ2n) is 3.13. The summed E-state index contributed by atoms with van der Waals surface area (Å²) in [7, 11) is 2.71. The van der Waals surface area contributed by atoms with Crippen molar-refractivity contribution in [3.63, 3.8) is 0 Å². The number of hydrogen-bond donors (Lipinski definition) is 1. The van der Waals surface area contributed by atoms with Crippen LogP contribution >= 0.6 is 0 Å². The van der Waals surface area contributed by atoms with Gasteiger partial charge in [0.25, 0.3) is 0 Å². The lowest BCUT2D eigenvalue weighted by molar-refractivity contribution is 0.198. The summed E-state index contributed by atoms with van der Waals surface area (Å²) in [6, 6.07) is 0. The van der Waals surface area contributed by atoms with Crippen LogP contribution in [0.25, 0.3) is 0 Å². The molecule has 0 saturated carbocycles. The van der Waals surface area contributed by atoms with Crippen molar-refractivity contribution in [3.05, 3.63) is 0 Å². The summed E-state index contributed by atoms with van der Waals surface area (Å²) in [6.07, 6.45) is 2.75. The Kier molecular flexibility index (Phi) is 6.86. The molecule has 1 rings (SSSR count). The normalized spacial score (nSPS) is 17.5. The largest absolute Gasteiger partial charge is 0.477 e. The Bertz CT molecular complexity index is 124. The molecule has 1 saturated heterocycles. The SMILES string of the molecule is BC(=O)OC.CC1CCNCC1. The van der Waals surface area contributed by atoms with Gasteiger partial charge in [0.1, 0.15) is 0 Å². The summed E-state index contributed by atoms with van der Waals surface area (Å²) < 4.78 is 4.11. The van der Waals surface area contributed by atoms with Gasteiger partial charge in [-0.1, -0.05) is 6.92 Å². The van der Waals surface area contributed by atoms with Crippen LogP contribution in [0.2, 0.25) is 0 Å². The van der Waals surface area contributed by atoms with Gasteiger partial charge in [-0.15, -0.1) is 0 Å². The van der Waals surface area contributed by atoms with Gasteiger partial charge in [0, 0.05) is 0 Å². The fraction of sp³-hybridized carbons (Fsp3) is 0.875. The van der Waals surface area contributed by atoms with Crippen LogP contribution in [0.4, 0.5) is 4.79 Å². The van der Waals surface area contributed by atoms with Crippen LogP contribution in [0.3, 0.4) is 0 Å². The van der Waals surface area contributed by atoms with Gasteiger partial charge in [0.05, 0.1) is 7.11 Å². The van der Waals surface area contributed by atoms with Crippen LogP contribution in [-0.4, -0.2) is 33.9 Å². The zero-order valence-corrected chi connectivity index (χ0v) is 8.22. The fourth-order valence-electron chi connectivity index (χ4n) is 0.966. The standard InChI is InChI=1S/C6H13N.C2H5BO2/c1-6-2-4-7-5-3-6;1-5-2(3)4/h6-7H,2-5H2,1H3;3H2,1H3. The first-order valence-electron chi connectivity index (χ1n) is 4.42. The Hall–Kier alpha value is -0.505. The molecule has 3 nitrogen and oxygen atoms in total. The first-order valence-corrected chi connectivity index (χ1v) is 4.42. The molecule has 1 aliphatic rings. The van der Waals surface area contributed by atoms with E-state index in [0.717, 1.165) is 5.92 Å². The van der Waals surface area contributed by atoms with Crippen molar-refractivity contribution in [3.8, 4) is 0 Å². The van der Waals surface area contributed by atoms with Crippen LogP contribution in [0.5, 0.6) is 0 Å². The van der Waals surface area contributed by atoms with Crippen LogP contribution in [0, 0.1) is 5.92 Å². The topological polar surface area (TPSA) is 38.3 Å². The molecule has 0 spiro atoms. The van der Waals surface area contributed by atoms with Gasteiger partial charge >= 0.3 is 0 Å². The maximum Gasteiger partial charge on any atom is 0.242 e. The molecule has 0 aromatic rings. The molecule has 1 fully saturated rings. The third-order valence-electron chi connectivity index (χ3n) is 1.92. The molecule has 1 N–H and O–H groups in total. The van der Waals surface area contributed by atoms with Crippen molar-refractivity contribution in [2.24, 2.45) is 5.92 Å². The summed E-state index contributed by atoms with van der Waals surface area (Å²) in [6.45, 7) is 4.79. The van der Waals surface area contributed by atoms with Gasteiger partial charge in [-0.05, 0) is 31.8 Å². The number of nitrogens with one attached hydrogen (secondary N) is 1. The van der Waals surface area contributed by atoms with E-state index < -0.39 is 0 Å². The molecule has 0 radical (unpaired) electrons. The molecule has 4 heteroatoms. The van der Waals surface area contributed by atoms with E-state index in [1.54, 1.807) is 0 Å². The number of hydrogen-bond acceptors (Lipinski definition) is 3. The molecule has 0 aromatic heterocycles. The smallest absolute Gasteiger partial charge is 0.242 e. The van der Waals surface area contributed by atoms with Crippen LogP contribution < -0.4 is 5.32 Å². The first kappa shape index (κ1) is 11.5. The molecule has 70 valence electrons. The molecule has 1 aliphatic heterocycles. The van der Waals surface area contributed by atoms with Gasteiger partial charge in [-0.3, -0.25) is 4.79 Å². The summed E-state index contributed by atoms with van der Waals surface area (Å²) in [5.74, 6) is 0.728. The van der Waals surface area contributed by atoms with E-state index in [9.17, 15) is 4.79 Å². The van der Waals surface area contributed by atoms with E-state index in [1.165, 1.54) is 40.9 Å². The Balaban J connectivity index is 0.000000217. The molecule has 0 amide bonds. The Morgan fingerprint density at radius 2 is 1.92 bits per heavy atom. The summed E-state index contributed by atoms with van der Waals surface area (Å²) in [4.78, 5) is 9.59. The summed E-state index contributed by atoms with van der Waals surface area (Å²) >= 11 is 0. The minimum absolute atomic E-state index is 0.245. The van der Waals surface area contributed by atoms with E-state index in [1.807, 2.05) is 0 Å². The summed E-state index contributed by atoms with van der Waals surface area (Å²) in [5, 5.41) is 3.32. The van der Waals surface area contributed by atoms with Crippen LogP contribution in [-0.2, 0) is 4.74 Å². The molecule has 0 bridgehead atoms. The Morgan fingerprint density at radius 3 is 2.08 bits per heavy atom. The summed E-state index contributed by atoms with van der Waals surface area (Å²) in [5.41, 5.74) is 0. The highest BCUT2D eigenvalue weighted by molar-refractivity contribution is 6.55. The van der Waals surface area contributed by atoms with E-state index in [4.69, 9.17) is 0 Å². The molecule has 0 aromatic carbocycles. The lowest BCUT2D eigenvalue weighted by Gasteiger charge is -2.17. The predicted molar refractivity (Wildman–Crippen MR) is 52.2 cm³/mol. The average molecular weight is 171 g/mol. The maximum absolute atomic E-state index is 9.59. The lowest BCUT2D eigenvalue weighted by atomic mass is 10.0. The average Bonchev–Trinajstić information content (AvgIpc) is 2.07. The van der Waals surface area contributed by atoms with Crippen LogP contribution in [0.15, 0.2) is 0 Å². The number of ether oxygens (including phenoxy) is 1. The number of carbonyl (C=O) groups is 1. The molecule has 0 atom stereocenters. The van der Waals surface area contributed by atoms with Crippen molar-refractivity contribution in [1.82, 2.24) is 5.32 Å². The molecule has 1 heterocycles. The predicted octanol–water partition coefficient (Wildman–Crippen LogP) is 0.392. The second kappa shape index (κ2) is 7.16. The van der Waals surface area contributed by atoms with E-state index in [2.05, 4.69) is 17.0 Å². The van der Waals surface area contributed by atoms with Crippen molar-refractivity contribution in [2.75, 3.05) is 20.2 Å². The van der Waals surface area contributed by atoms with Gasteiger partial charge < -0.3 is 10.1 Å². The Labute approximate surface area is 75.3 Å². The fourth-order valence-corrected chi connectivity index (χ4v) is 0.966. The highest BCUT2D eigenvalue weighted by Crippen LogP contribution is 2.08. The zero-order valence-electron chi connectivity index (χ0n) is 8.22. The van der Waals surface area contributed by atoms with E-state index in [0.29, 0.717) is 0 Å². The van der Waals surface area contributed by atoms with Gasteiger partial charge in [0.2, 0.25) is 13.7 Å². The third-order valence-corrected chi connectivity index (χ3v) is 1.92. The molecule has 0 unspecified atom stereocenters. The second-order valence-corrected chi connectivity index (χ2v) is 3.13. The van der Waals surface area contributed by atoms with Crippen molar-refractivity contribution in [2.45, 2.75) is 19.8 Å².